The van der Waals surface area contributed by atoms with Gasteiger partial charge in [0.05, 0.1) is 6.42 Å². The number of nitrogens with zero attached hydrogens (tertiary/aromatic N) is 1. The Bertz CT molecular complexity index is 1250. The molecular weight excluding hydrogens is 516 g/mol. The van der Waals surface area contributed by atoms with E-state index in [-0.39, 0.29) is 41.5 Å². The van der Waals surface area contributed by atoms with Crippen LogP contribution in [0, 0.1) is 11.8 Å². The van der Waals surface area contributed by atoms with Crippen LogP contribution in [0.25, 0.3) is 11.0 Å². The molecule has 2 atom stereocenters. The lowest BCUT2D eigenvalue weighted by atomic mass is 9.99. The lowest BCUT2D eigenvalue weighted by molar-refractivity contribution is -0.132. The van der Waals surface area contributed by atoms with Gasteiger partial charge in [0.25, 0.3) is 0 Å². The number of aliphatic imine (C=N–C) groups is 1. The molecule has 2 unspecified atom stereocenters. The van der Waals surface area contributed by atoms with Crippen molar-refractivity contribution in [1.82, 2.24) is 16.0 Å². The zero-order valence-corrected chi connectivity index (χ0v) is 23.7. The van der Waals surface area contributed by atoms with Gasteiger partial charge < -0.3 is 36.9 Å². The maximum atomic E-state index is 13.3. The van der Waals surface area contributed by atoms with Gasteiger partial charge in [0.15, 0.2) is 5.96 Å². The zero-order valence-electron chi connectivity index (χ0n) is 23.7. The number of phenols is 1. The average Bonchev–Trinajstić information content (AvgIpc) is 2.83. The predicted octanol–water partition coefficient (Wildman–Crippen LogP) is 1.27. The molecule has 12 heteroatoms. The summed E-state index contributed by atoms with van der Waals surface area (Å²) in [5.74, 6) is -1.07. The number of nitrogens with two attached hydrogens (primary N) is 2. The van der Waals surface area contributed by atoms with Crippen LogP contribution in [0.4, 0.5) is 0 Å². The van der Waals surface area contributed by atoms with Gasteiger partial charge in [-0.2, -0.15) is 0 Å². The predicted molar refractivity (Wildman–Crippen MR) is 154 cm³/mol. The number of carbonyl (C=O) groups is 3. The van der Waals surface area contributed by atoms with Crippen LogP contribution in [0.2, 0.25) is 0 Å². The van der Waals surface area contributed by atoms with Crippen LogP contribution in [-0.2, 0) is 20.8 Å². The minimum Gasteiger partial charge on any atom is -0.508 e. The van der Waals surface area contributed by atoms with Gasteiger partial charge in [-0.1, -0.05) is 27.7 Å². The molecule has 1 aromatic heterocycles. The zero-order chi connectivity index (χ0) is 29.8. The standard InChI is InChI=1S/C28H42N6O6/c1-16(2)11-21(26(38)31-9-5-6-10-32-28(29)30)34-27(39)22(12-17(3)4)33-24(36)13-18-14-25(37)40-23-15-19(35)7-8-20(18)23/h7-8,14-17,21-22,35H,5-6,9-13H2,1-4H3,(H,31,38)(H,33,36)(H,34,39)(H4,29,30,32). The molecule has 220 valence electrons. The van der Waals surface area contributed by atoms with Crippen LogP contribution in [0.15, 0.2) is 38.5 Å². The van der Waals surface area contributed by atoms with Crippen molar-refractivity contribution < 1.29 is 23.9 Å². The van der Waals surface area contributed by atoms with Crippen LogP contribution in [0.5, 0.6) is 5.75 Å². The summed E-state index contributed by atoms with van der Waals surface area (Å²) in [6.07, 6.45) is 1.96. The Balaban J connectivity index is 2.09. The van der Waals surface area contributed by atoms with Gasteiger partial charge in [-0.05, 0) is 55.2 Å². The fourth-order valence-corrected chi connectivity index (χ4v) is 4.24. The molecule has 0 radical (unpaired) electrons. The Kier molecular flexibility index (Phi) is 12.4. The molecule has 1 aromatic carbocycles. The number of benzene rings is 1. The third-order valence-corrected chi connectivity index (χ3v) is 6.04. The number of hydrogen-bond donors (Lipinski definition) is 6. The van der Waals surface area contributed by atoms with Gasteiger partial charge >= 0.3 is 5.63 Å². The second-order valence-corrected chi connectivity index (χ2v) is 10.7. The maximum absolute atomic E-state index is 13.3. The second-order valence-electron chi connectivity index (χ2n) is 10.7. The smallest absolute Gasteiger partial charge is 0.336 e. The van der Waals surface area contributed by atoms with E-state index in [1.54, 1.807) is 6.07 Å². The van der Waals surface area contributed by atoms with E-state index in [9.17, 15) is 24.3 Å². The largest absolute Gasteiger partial charge is 0.508 e. The molecule has 0 fully saturated rings. The highest BCUT2D eigenvalue weighted by Crippen LogP contribution is 2.22. The number of fused-ring (bicyclic) bond motifs is 1. The van der Waals surface area contributed by atoms with Crippen molar-refractivity contribution >= 4 is 34.7 Å². The molecule has 0 aliphatic heterocycles. The Hall–Kier alpha value is -4.09. The van der Waals surface area contributed by atoms with E-state index in [4.69, 9.17) is 15.9 Å². The summed E-state index contributed by atoms with van der Waals surface area (Å²) in [6, 6.07) is 3.86. The SMILES string of the molecule is CC(C)CC(NC(=O)Cc1cc(=O)oc2cc(O)ccc12)C(=O)NC(CC(C)C)C(=O)NCCCCN=C(N)N. The average molecular weight is 559 g/mol. The van der Waals surface area contributed by atoms with Gasteiger partial charge in [0.1, 0.15) is 23.4 Å². The highest BCUT2D eigenvalue weighted by molar-refractivity contribution is 5.93. The number of rotatable bonds is 15. The second kappa shape index (κ2) is 15.5. The summed E-state index contributed by atoms with van der Waals surface area (Å²) in [5.41, 5.74) is 10.5. The lowest BCUT2D eigenvalue weighted by Crippen LogP contribution is -2.54. The number of nitrogens with one attached hydrogen (secondary N) is 3. The summed E-state index contributed by atoms with van der Waals surface area (Å²) < 4.78 is 5.13. The molecule has 0 saturated heterocycles. The molecule has 0 aliphatic rings. The van der Waals surface area contributed by atoms with Gasteiger partial charge in [0, 0.05) is 30.6 Å². The summed E-state index contributed by atoms with van der Waals surface area (Å²) in [4.78, 5) is 55.1. The first kappa shape index (κ1) is 32.1. The fourth-order valence-electron chi connectivity index (χ4n) is 4.24. The maximum Gasteiger partial charge on any atom is 0.336 e. The summed E-state index contributed by atoms with van der Waals surface area (Å²) >= 11 is 0. The van der Waals surface area contributed by atoms with E-state index < -0.39 is 29.5 Å². The third-order valence-electron chi connectivity index (χ3n) is 6.04. The molecule has 0 saturated carbocycles. The van der Waals surface area contributed by atoms with Crippen LogP contribution in [0.3, 0.4) is 0 Å². The fraction of sp³-hybridized carbons (Fsp3) is 0.536. The minimum atomic E-state index is -0.884. The normalized spacial score (nSPS) is 12.7. The van der Waals surface area contributed by atoms with Crippen molar-refractivity contribution in [1.29, 1.82) is 0 Å². The quantitative estimate of drug-likeness (QED) is 0.0811. The monoisotopic (exact) mass is 558 g/mol. The molecular formula is C28H42N6O6. The Morgan fingerprint density at radius 2 is 1.60 bits per heavy atom. The molecule has 0 aliphatic carbocycles. The van der Waals surface area contributed by atoms with E-state index in [0.717, 1.165) is 0 Å². The number of carbonyl (C=O) groups excluding carboxylic acids is 3. The van der Waals surface area contributed by atoms with Gasteiger partial charge in [-0.3, -0.25) is 19.4 Å². The molecule has 40 heavy (non-hydrogen) atoms. The molecule has 2 aromatic rings. The lowest BCUT2D eigenvalue weighted by Gasteiger charge is -2.25. The molecule has 1 heterocycles. The van der Waals surface area contributed by atoms with Crippen LogP contribution in [-0.4, -0.2) is 54.0 Å². The number of aromatic hydroxyl groups is 1. The highest BCUT2D eigenvalue weighted by atomic mass is 16.4. The number of phenolic OH excluding ortho intramolecular Hbond substituents is 1. The molecule has 0 spiro atoms. The minimum absolute atomic E-state index is 0.0230. The number of unbranched alkanes of at least 4 members (excludes halogenated alkanes) is 1. The Labute approximate surface area is 234 Å². The summed E-state index contributed by atoms with van der Waals surface area (Å²) in [6.45, 7) is 8.63. The summed E-state index contributed by atoms with van der Waals surface area (Å²) in [5, 5.41) is 18.6. The van der Waals surface area contributed by atoms with Crippen molar-refractivity contribution in [3.63, 3.8) is 0 Å². The third kappa shape index (κ3) is 11.0. The van der Waals surface area contributed by atoms with Crippen LogP contribution < -0.4 is 33.0 Å². The highest BCUT2D eigenvalue weighted by Gasteiger charge is 2.28. The molecule has 2 rings (SSSR count). The number of guanidine groups is 1. The van der Waals surface area contributed by atoms with Crippen molar-refractivity contribution in [2.75, 3.05) is 13.1 Å². The molecule has 3 amide bonds. The van der Waals surface area contributed by atoms with Gasteiger partial charge in [0.2, 0.25) is 17.7 Å². The Morgan fingerprint density at radius 1 is 0.950 bits per heavy atom. The van der Waals surface area contributed by atoms with Crippen molar-refractivity contribution in [2.24, 2.45) is 28.3 Å². The molecule has 0 bridgehead atoms. The topological polar surface area (TPSA) is 202 Å². The van der Waals surface area contributed by atoms with Crippen molar-refractivity contribution in [3.8, 4) is 5.75 Å². The van der Waals surface area contributed by atoms with E-state index in [0.29, 0.717) is 49.7 Å². The molecule has 8 N–H and O–H groups in total. The van der Waals surface area contributed by atoms with Gasteiger partial charge in [-0.15, -0.1) is 0 Å². The first-order valence-corrected chi connectivity index (χ1v) is 13.5. The van der Waals surface area contributed by atoms with E-state index in [1.807, 2.05) is 27.7 Å². The first-order chi connectivity index (χ1) is 18.8. The van der Waals surface area contributed by atoms with Gasteiger partial charge in [-0.25, -0.2) is 4.79 Å². The number of hydrogen-bond acceptors (Lipinski definition) is 7. The van der Waals surface area contributed by atoms with E-state index in [1.165, 1.54) is 18.2 Å². The van der Waals surface area contributed by atoms with E-state index in [2.05, 4.69) is 20.9 Å². The molecule has 12 nitrogen and oxygen atoms in total. The van der Waals surface area contributed by atoms with Crippen LogP contribution in [0.1, 0.15) is 58.9 Å². The Morgan fingerprint density at radius 3 is 2.23 bits per heavy atom. The van der Waals surface area contributed by atoms with Crippen molar-refractivity contribution in [3.05, 3.63) is 40.2 Å². The van der Waals surface area contributed by atoms with Crippen LogP contribution >= 0.6 is 0 Å². The number of amides is 3. The first-order valence-electron chi connectivity index (χ1n) is 13.5. The van der Waals surface area contributed by atoms with Crippen molar-refractivity contribution in [2.45, 2.75) is 71.9 Å². The van der Waals surface area contributed by atoms with E-state index >= 15 is 0 Å². The summed E-state index contributed by atoms with van der Waals surface area (Å²) in [7, 11) is 0.